The van der Waals surface area contributed by atoms with Crippen LogP contribution in [0.25, 0.3) is 0 Å². The Morgan fingerprint density at radius 3 is 2.45 bits per heavy atom. The molecule has 2 aliphatic heterocycles. The van der Waals surface area contributed by atoms with Gasteiger partial charge in [0, 0.05) is 39.8 Å². The Morgan fingerprint density at radius 2 is 1.95 bits per heavy atom. The van der Waals surface area contributed by atoms with E-state index in [0.717, 1.165) is 52.1 Å². The number of carbonyl (C=O) groups is 2. The van der Waals surface area contributed by atoms with Gasteiger partial charge in [-0.2, -0.15) is 0 Å². The predicted molar refractivity (Wildman–Crippen MR) is 77.3 cm³/mol. The van der Waals surface area contributed by atoms with Crippen LogP contribution in [0.4, 0.5) is 0 Å². The third kappa shape index (κ3) is 3.12. The molecule has 0 aromatic carbocycles. The van der Waals surface area contributed by atoms with Gasteiger partial charge in [-0.3, -0.25) is 14.5 Å². The zero-order valence-corrected chi connectivity index (χ0v) is 12.6. The van der Waals surface area contributed by atoms with Gasteiger partial charge in [-0.05, 0) is 19.4 Å². The monoisotopic (exact) mass is 282 g/mol. The molecule has 0 radical (unpaired) electrons. The fraction of sp³-hybridized carbons (Fsp3) is 0.857. The fourth-order valence-corrected chi connectivity index (χ4v) is 3.11. The topological polar surface area (TPSA) is 64.7 Å². The summed E-state index contributed by atoms with van der Waals surface area (Å²) in [6, 6.07) is 0. The van der Waals surface area contributed by atoms with Crippen LogP contribution >= 0.6 is 0 Å². The summed E-state index contributed by atoms with van der Waals surface area (Å²) in [5.41, 5.74) is -0.192. The Labute approximate surface area is 120 Å². The molecule has 0 saturated carbocycles. The summed E-state index contributed by atoms with van der Waals surface area (Å²) in [6.45, 7) is 7.32. The van der Waals surface area contributed by atoms with Crippen molar-refractivity contribution in [1.82, 2.24) is 20.4 Å². The van der Waals surface area contributed by atoms with E-state index in [1.807, 2.05) is 4.90 Å². The summed E-state index contributed by atoms with van der Waals surface area (Å²) in [7, 11) is 1.65. The number of rotatable bonds is 4. The molecular formula is C14H26N4O2. The summed E-state index contributed by atoms with van der Waals surface area (Å²) in [6.07, 6.45) is 1.85. The van der Waals surface area contributed by atoms with Crippen LogP contribution in [0.2, 0.25) is 0 Å². The smallest absolute Gasteiger partial charge is 0.233 e. The van der Waals surface area contributed by atoms with Crippen molar-refractivity contribution in [2.75, 3.05) is 52.9 Å². The molecule has 0 aromatic heterocycles. The maximum absolute atomic E-state index is 12.7. The minimum atomic E-state index is -0.192. The first-order valence-corrected chi connectivity index (χ1v) is 7.54. The number of carbonyl (C=O) groups excluding carboxylic acids is 2. The Bertz CT molecular complexity index is 358. The minimum absolute atomic E-state index is 0.0368. The lowest BCUT2D eigenvalue weighted by Crippen LogP contribution is -2.54. The molecule has 0 spiro atoms. The van der Waals surface area contributed by atoms with Crippen molar-refractivity contribution in [3.8, 4) is 0 Å². The Balaban J connectivity index is 1.87. The van der Waals surface area contributed by atoms with Gasteiger partial charge < -0.3 is 15.5 Å². The maximum atomic E-state index is 12.7. The van der Waals surface area contributed by atoms with Crippen LogP contribution in [-0.2, 0) is 9.59 Å². The predicted octanol–water partition coefficient (Wildman–Crippen LogP) is -0.734. The standard InChI is InChI=1S/C14H26N4O2/c1-3-14(4-5-16-11-14)13(20)18-8-6-17(7-9-18)10-12(19)15-2/h16H,3-11H2,1-2H3,(H,15,19). The first kappa shape index (κ1) is 15.3. The molecule has 2 heterocycles. The van der Waals surface area contributed by atoms with Gasteiger partial charge in [-0.1, -0.05) is 6.92 Å². The molecule has 6 nitrogen and oxygen atoms in total. The van der Waals surface area contributed by atoms with E-state index in [2.05, 4.69) is 22.5 Å². The van der Waals surface area contributed by atoms with E-state index in [9.17, 15) is 9.59 Å². The number of nitrogens with one attached hydrogen (secondary N) is 2. The van der Waals surface area contributed by atoms with Crippen molar-refractivity contribution in [3.63, 3.8) is 0 Å². The molecule has 2 N–H and O–H groups in total. The molecule has 1 unspecified atom stereocenters. The zero-order chi connectivity index (χ0) is 14.6. The van der Waals surface area contributed by atoms with Crippen molar-refractivity contribution < 1.29 is 9.59 Å². The second-order valence-corrected chi connectivity index (χ2v) is 5.80. The number of hydrogen-bond acceptors (Lipinski definition) is 4. The van der Waals surface area contributed by atoms with Crippen LogP contribution in [0.1, 0.15) is 19.8 Å². The van der Waals surface area contributed by atoms with E-state index >= 15 is 0 Å². The summed E-state index contributed by atoms with van der Waals surface area (Å²) >= 11 is 0. The van der Waals surface area contributed by atoms with Crippen molar-refractivity contribution >= 4 is 11.8 Å². The minimum Gasteiger partial charge on any atom is -0.358 e. The van der Waals surface area contributed by atoms with Gasteiger partial charge in [0.05, 0.1) is 12.0 Å². The number of hydrogen-bond donors (Lipinski definition) is 2. The highest BCUT2D eigenvalue weighted by Crippen LogP contribution is 2.32. The van der Waals surface area contributed by atoms with Crippen LogP contribution in [0.3, 0.4) is 0 Å². The number of likely N-dealkylation sites (N-methyl/N-ethyl adjacent to an activating group) is 1. The van der Waals surface area contributed by atoms with Crippen LogP contribution in [0.5, 0.6) is 0 Å². The Hall–Kier alpha value is -1.14. The summed E-state index contributed by atoms with van der Waals surface area (Å²) in [5.74, 6) is 0.333. The molecular weight excluding hydrogens is 256 g/mol. The van der Waals surface area contributed by atoms with E-state index in [4.69, 9.17) is 0 Å². The Morgan fingerprint density at radius 1 is 1.25 bits per heavy atom. The molecule has 0 bridgehead atoms. The van der Waals surface area contributed by atoms with Gasteiger partial charge >= 0.3 is 0 Å². The molecule has 1 atom stereocenters. The molecule has 2 amide bonds. The summed E-state index contributed by atoms with van der Waals surface area (Å²) in [5, 5.41) is 5.95. The van der Waals surface area contributed by atoms with Gasteiger partial charge in [0.2, 0.25) is 11.8 Å². The number of piperazine rings is 1. The molecule has 0 aliphatic carbocycles. The highest BCUT2D eigenvalue weighted by Gasteiger charge is 2.42. The fourth-order valence-electron chi connectivity index (χ4n) is 3.11. The van der Waals surface area contributed by atoms with Crippen LogP contribution in [0, 0.1) is 5.41 Å². The van der Waals surface area contributed by atoms with Crippen molar-refractivity contribution in [2.45, 2.75) is 19.8 Å². The van der Waals surface area contributed by atoms with Crippen molar-refractivity contribution in [2.24, 2.45) is 5.41 Å². The quantitative estimate of drug-likeness (QED) is 0.713. The van der Waals surface area contributed by atoms with Gasteiger partial charge in [0.25, 0.3) is 0 Å². The maximum Gasteiger partial charge on any atom is 0.233 e. The van der Waals surface area contributed by atoms with Gasteiger partial charge in [-0.25, -0.2) is 0 Å². The SMILES string of the molecule is CCC1(C(=O)N2CCN(CC(=O)NC)CC2)CCNC1. The summed E-state index contributed by atoms with van der Waals surface area (Å²) in [4.78, 5) is 28.2. The van der Waals surface area contributed by atoms with Gasteiger partial charge in [0.1, 0.15) is 0 Å². The third-order valence-electron chi connectivity index (χ3n) is 4.68. The molecule has 0 aromatic rings. The van der Waals surface area contributed by atoms with E-state index in [0.29, 0.717) is 12.5 Å². The summed E-state index contributed by atoms with van der Waals surface area (Å²) < 4.78 is 0. The van der Waals surface area contributed by atoms with Gasteiger partial charge in [-0.15, -0.1) is 0 Å². The van der Waals surface area contributed by atoms with Crippen LogP contribution < -0.4 is 10.6 Å². The second kappa shape index (κ2) is 6.54. The lowest BCUT2D eigenvalue weighted by molar-refractivity contribution is -0.143. The van der Waals surface area contributed by atoms with E-state index in [1.54, 1.807) is 7.05 Å². The van der Waals surface area contributed by atoms with Crippen molar-refractivity contribution in [1.29, 1.82) is 0 Å². The molecule has 2 fully saturated rings. The first-order chi connectivity index (χ1) is 9.61. The van der Waals surface area contributed by atoms with Crippen molar-refractivity contribution in [3.05, 3.63) is 0 Å². The largest absolute Gasteiger partial charge is 0.358 e. The molecule has 2 rings (SSSR count). The number of nitrogens with zero attached hydrogens (tertiary/aromatic N) is 2. The van der Waals surface area contributed by atoms with E-state index in [-0.39, 0.29) is 11.3 Å². The average Bonchev–Trinajstić information content (AvgIpc) is 2.97. The molecule has 20 heavy (non-hydrogen) atoms. The second-order valence-electron chi connectivity index (χ2n) is 5.80. The Kier molecular flexibility index (Phi) is 4.99. The lowest BCUT2D eigenvalue weighted by atomic mass is 9.82. The number of amides is 2. The molecule has 114 valence electrons. The average molecular weight is 282 g/mol. The van der Waals surface area contributed by atoms with E-state index < -0.39 is 0 Å². The van der Waals surface area contributed by atoms with Gasteiger partial charge in [0.15, 0.2) is 0 Å². The molecule has 2 saturated heterocycles. The normalized spacial score (nSPS) is 27.6. The zero-order valence-electron chi connectivity index (χ0n) is 12.6. The first-order valence-electron chi connectivity index (χ1n) is 7.54. The van der Waals surface area contributed by atoms with Crippen LogP contribution in [-0.4, -0.2) is 74.5 Å². The molecule has 2 aliphatic rings. The lowest BCUT2D eigenvalue weighted by Gasteiger charge is -2.39. The van der Waals surface area contributed by atoms with Crippen LogP contribution in [0.15, 0.2) is 0 Å². The highest BCUT2D eigenvalue weighted by molar-refractivity contribution is 5.83. The molecule has 6 heteroatoms. The highest BCUT2D eigenvalue weighted by atomic mass is 16.2. The van der Waals surface area contributed by atoms with E-state index in [1.165, 1.54) is 0 Å². The third-order valence-corrected chi connectivity index (χ3v) is 4.68.